The van der Waals surface area contributed by atoms with Gasteiger partial charge in [0, 0.05) is 19.3 Å². The van der Waals surface area contributed by atoms with E-state index in [4.69, 9.17) is 5.11 Å². The normalized spacial score (nSPS) is 10.3. The van der Waals surface area contributed by atoms with E-state index in [1.807, 2.05) is 0 Å². The number of nitro benzene ring substituents is 1. The van der Waals surface area contributed by atoms with E-state index in [0.717, 1.165) is 12.1 Å². The number of rotatable bonds is 6. The van der Waals surface area contributed by atoms with Crippen LogP contribution in [0.5, 0.6) is 0 Å². The fourth-order valence-electron chi connectivity index (χ4n) is 1.72. The second-order valence-electron chi connectivity index (χ2n) is 4.15. The van der Waals surface area contributed by atoms with E-state index >= 15 is 0 Å². The quantitative estimate of drug-likeness (QED) is 0.620. The minimum absolute atomic E-state index is 0.0808. The molecule has 2 N–H and O–H groups in total. The Morgan fingerprint density at radius 1 is 1.52 bits per heavy atom. The van der Waals surface area contributed by atoms with E-state index < -0.39 is 16.7 Å². The van der Waals surface area contributed by atoms with Crippen LogP contribution in [0.1, 0.15) is 10.5 Å². The third-order valence-electron chi connectivity index (χ3n) is 2.69. The minimum atomic E-state index is -1.13. The van der Waals surface area contributed by atoms with E-state index in [1.165, 1.54) is 23.2 Å². The number of nitrogens with zero attached hydrogens (tertiary/aromatic N) is 3. The summed E-state index contributed by atoms with van der Waals surface area (Å²) in [6.45, 7) is 0.650. The highest BCUT2D eigenvalue weighted by Crippen LogP contribution is 2.24. The largest absolute Gasteiger partial charge is 0.476 e. The maximum Gasteiger partial charge on any atom is 0.356 e. The van der Waals surface area contributed by atoms with Crippen molar-refractivity contribution < 1.29 is 19.2 Å². The standard InChI is InChI=1S/C12H11FN4O4/c13-8-1-2-9(11(5-8)17(20)21)14-3-4-16-6-10(12(18)19)15-7-16/h1-2,5-7,14H,3-4H2,(H,18,19). The van der Waals surface area contributed by atoms with Crippen LogP contribution in [0.4, 0.5) is 15.8 Å². The number of aromatic nitrogens is 2. The monoisotopic (exact) mass is 294 g/mol. The Kier molecular flexibility index (Phi) is 4.12. The number of anilines is 1. The van der Waals surface area contributed by atoms with Gasteiger partial charge in [0.1, 0.15) is 11.5 Å². The lowest BCUT2D eigenvalue weighted by Crippen LogP contribution is -2.10. The molecule has 0 aliphatic heterocycles. The van der Waals surface area contributed by atoms with Crippen molar-refractivity contribution in [2.24, 2.45) is 0 Å². The highest BCUT2D eigenvalue weighted by molar-refractivity contribution is 5.84. The van der Waals surface area contributed by atoms with Crippen molar-refractivity contribution in [2.75, 3.05) is 11.9 Å². The van der Waals surface area contributed by atoms with Crippen LogP contribution in [0.2, 0.25) is 0 Å². The smallest absolute Gasteiger partial charge is 0.356 e. The first kappa shape index (κ1) is 14.4. The third-order valence-corrected chi connectivity index (χ3v) is 2.69. The second kappa shape index (κ2) is 5.99. The molecule has 0 aliphatic rings. The third kappa shape index (κ3) is 3.53. The number of benzene rings is 1. The molecule has 0 unspecified atom stereocenters. The molecular formula is C12H11FN4O4. The molecule has 0 fully saturated rings. The summed E-state index contributed by atoms with van der Waals surface area (Å²) in [4.78, 5) is 24.5. The number of carbonyl (C=O) groups is 1. The highest BCUT2D eigenvalue weighted by atomic mass is 19.1. The molecule has 110 valence electrons. The van der Waals surface area contributed by atoms with Crippen molar-refractivity contribution in [3.8, 4) is 0 Å². The predicted molar refractivity (Wildman–Crippen MR) is 70.7 cm³/mol. The van der Waals surface area contributed by atoms with E-state index in [1.54, 1.807) is 0 Å². The molecular weight excluding hydrogens is 283 g/mol. The first-order valence-electron chi connectivity index (χ1n) is 5.90. The van der Waals surface area contributed by atoms with Gasteiger partial charge in [0.05, 0.1) is 17.3 Å². The predicted octanol–water partition coefficient (Wildman–Crippen LogP) is 1.74. The lowest BCUT2D eigenvalue weighted by atomic mass is 10.2. The Labute approximate surface area is 118 Å². The van der Waals surface area contributed by atoms with Crippen molar-refractivity contribution in [3.05, 3.63) is 52.3 Å². The van der Waals surface area contributed by atoms with Gasteiger partial charge in [0.15, 0.2) is 5.69 Å². The summed E-state index contributed by atoms with van der Waals surface area (Å²) in [5.41, 5.74) is -0.241. The fraction of sp³-hybridized carbons (Fsp3) is 0.167. The fourth-order valence-corrected chi connectivity index (χ4v) is 1.72. The van der Waals surface area contributed by atoms with Crippen LogP contribution in [-0.4, -0.2) is 32.1 Å². The van der Waals surface area contributed by atoms with Crippen molar-refractivity contribution in [2.45, 2.75) is 6.54 Å². The van der Waals surface area contributed by atoms with Crippen LogP contribution in [0.3, 0.4) is 0 Å². The van der Waals surface area contributed by atoms with Gasteiger partial charge in [0.2, 0.25) is 0 Å². The number of carboxylic acids is 1. The summed E-state index contributed by atoms with van der Waals surface area (Å²) in [5, 5.41) is 22.3. The number of nitrogens with one attached hydrogen (secondary N) is 1. The van der Waals surface area contributed by atoms with Crippen LogP contribution < -0.4 is 5.32 Å². The Morgan fingerprint density at radius 2 is 2.29 bits per heavy atom. The number of hydrogen-bond donors (Lipinski definition) is 2. The molecule has 0 aliphatic carbocycles. The van der Waals surface area contributed by atoms with Gasteiger partial charge < -0.3 is 15.0 Å². The summed E-state index contributed by atoms with van der Waals surface area (Å²) in [5.74, 6) is -1.82. The van der Waals surface area contributed by atoms with Gasteiger partial charge in [0.25, 0.3) is 5.69 Å². The molecule has 2 aromatic rings. The van der Waals surface area contributed by atoms with Crippen molar-refractivity contribution in [1.82, 2.24) is 9.55 Å². The van der Waals surface area contributed by atoms with Gasteiger partial charge in [-0.15, -0.1) is 0 Å². The van der Waals surface area contributed by atoms with E-state index in [0.29, 0.717) is 13.1 Å². The van der Waals surface area contributed by atoms with Gasteiger partial charge in [-0.05, 0) is 12.1 Å². The highest BCUT2D eigenvalue weighted by Gasteiger charge is 2.14. The molecule has 21 heavy (non-hydrogen) atoms. The number of carboxylic acid groups (broad SMARTS) is 1. The van der Waals surface area contributed by atoms with E-state index in [-0.39, 0.29) is 17.1 Å². The zero-order valence-corrected chi connectivity index (χ0v) is 10.7. The van der Waals surface area contributed by atoms with Crippen molar-refractivity contribution in [1.29, 1.82) is 0 Å². The van der Waals surface area contributed by atoms with Gasteiger partial charge in [-0.25, -0.2) is 14.2 Å². The molecule has 0 radical (unpaired) electrons. The molecule has 0 amide bonds. The zero-order chi connectivity index (χ0) is 15.4. The Morgan fingerprint density at radius 3 is 2.90 bits per heavy atom. The molecule has 0 saturated carbocycles. The van der Waals surface area contributed by atoms with Crippen molar-refractivity contribution in [3.63, 3.8) is 0 Å². The van der Waals surface area contributed by atoms with Crippen LogP contribution in [-0.2, 0) is 6.54 Å². The average Bonchev–Trinajstić information content (AvgIpc) is 2.89. The number of hydrogen-bond acceptors (Lipinski definition) is 5. The molecule has 0 bridgehead atoms. The number of aromatic carboxylic acids is 1. The zero-order valence-electron chi connectivity index (χ0n) is 10.7. The topological polar surface area (TPSA) is 110 Å². The molecule has 1 aromatic heterocycles. The lowest BCUT2D eigenvalue weighted by Gasteiger charge is -2.07. The SMILES string of the molecule is O=C(O)c1cn(CCNc2ccc(F)cc2[N+](=O)[O-])cn1. The first-order valence-corrected chi connectivity index (χ1v) is 5.90. The number of halogens is 1. The summed E-state index contributed by atoms with van der Waals surface area (Å²) in [7, 11) is 0. The molecule has 0 spiro atoms. The van der Waals surface area contributed by atoms with E-state index in [2.05, 4.69) is 10.3 Å². The van der Waals surface area contributed by atoms with Crippen molar-refractivity contribution >= 4 is 17.3 Å². The summed E-state index contributed by atoms with van der Waals surface area (Å²) < 4.78 is 14.5. The van der Waals surface area contributed by atoms with Crippen LogP contribution in [0.25, 0.3) is 0 Å². The van der Waals surface area contributed by atoms with Crippen LogP contribution in [0, 0.1) is 15.9 Å². The maximum absolute atomic E-state index is 13.0. The van der Waals surface area contributed by atoms with Crippen LogP contribution >= 0.6 is 0 Å². The second-order valence-corrected chi connectivity index (χ2v) is 4.15. The van der Waals surface area contributed by atoms with Gasteiger partial charge >= 0.3 is 5.97 Å². The average molecular weight is 294 g/mol. The van der Waals surface area contributed by atoms with Crippen LogP contribution in [0.15, 0.2) is 30.7 Å². The number of nitro groups is 1. The van der Waals surface area contributed by atoms with E-state index in [9.17, 15) is 19.3 Å². The number of imidazole rings is 1. The molecule has 0 atom stereocenters. The molecule has 1 heterocycles. The Balaban J connectivity index is 2.00. The minimum Gasteiger partial charge on any atom is -0.476 e. The van der Waals surface area contributed by atoms with Gasteiger partial charge in [-0.3, -0.25) is 10.1 Å². The Hall–Kier alpha value is -2.97. The lowest BCUT2D eigenvalue weighted by molar-refractivity contribution is -0.384. The van der Waals surface area contributed by atoms with Gasteiger partial charge in [-0.2, -0.15) is 0 Å². The molecule has 2 rings (SSSR count). The summed E-state index contributed by atoms with van der Waals surface area (Å²) in [6.07, 6.45) is 2.70. The Bertz CT molecular complexity index is 686. The maximum atomic E-state index is 13.0. The molecule has 1 aromatic carbocycles. The first-order chi connectivity index (χ1) is 9.97. The van der Waals surface area contributed by atoms with Gasteiger partial charge in [-0.1, -0.05) is 0 Å². The molecule has 9 heteroatoms. The summed E-state index contributed by atoms with van der Waals surface area (Å²) in [6, 6.07) is 3.24. The molecule has 0 saturated heterocycles. The summed E-state index contributed by atoms with van der Waals surface area (Å²) >= 11 is 0. The molecule has 8 nitrogen and oxygen atoms in total.